The van der Waals surface area contributed by atoms with Crippen molar-refractivity contribution in [3.05, 3.63) is 94.0 Å². The lowest BCUT2D eigenvalue weighted by Gasteiger charge is -2.29. The molecule has 0 fully saturated rings. The lowest BCUT2D eigenvalue weighted by molar-refractivity contribution is -0.384. The molecule has 0 bridgehead atoms. The van der Waals surface area contributed by atoms with E-state index in [4.69, 9.17) is 4.74 Å². The van der Waals surface area contributed by atoms with Gasteiger partial charge in [-0.15, -0.1) is 0 Å². The summed E-state index contributed by atoms with van der Waals surface area (Å²) in [5, 5.41) is 14.2. The highest BCUT2D eigenvalue weighted by Crippen LogP contribution is 2.32. The van der Waals surface area contributed by atoms with Gasteiger partial charge in [0.05, 0.1) is 28.7 Å². The maximum Gasteiger partial charge on any atom is 0.271 e. The molecule has 10 heteroatoms. The molecule has 0 saturated heterocycles. The number of fused-ring (bicyclic) bond motifs is 1. The monoisotopic (exact) mass is 495 g/mol. The van der Waals surface area contributed by atoms with Gasteiger partial charge in [0.15, 0.2) is 0 Å². The molecule has 0 aliphatic heterocycles. The molecule has 182 valence electrons. The van der Waals surface area contributed by atoms with Gasteiger partial charge in [-0.3, -0.25) is 19.2 Å². The zero-order valence-electron chi connectivity index (χ0n) is 19.1. The number of nitrogens with one attached hydrogen (secondary N) is 1. The van der Waals surface area contributed by atoms with Crippen LogP contribution in [0, 0.1) is 10.1 Å². The third-order valence-electron chi connectivity index (χ3n) is 5.95. The topological polar surface area (TPSA) is 119 Å². The van der Waals surface area contributed by atoms with E-state index in [9.17, 15) is 23.3 Å². The first-order valence-electron chi connectivity index (χ1n) is 11.1. The molecule has 4 rings (SSSR count). The molecule has 1 aliphatic carbocycles. The Balaban J connectivity index is 1.64. The minimum absolute atomic E-state index is 0.0191. The van der Waals surface area contributed by atoms with Crippen molar-refractivity contribution in [3.63, 3.8) is 0 Å². The lowest BCUT2D eigenvalue weighted by Crippen LogP contribution is -2.42. The minimum atomic E-state index is -4.17. The van der Waals surface area contributed by atoms with Crippen molar-refractivity contribution in [2.24, 2.45) is 0 Å². The summed E-state index contributed by atoms with van der Waals surface area (Å²) in [4.78, 5) is 23.8. The molecule has 3 aromatic rings. The molecular formula is C25H25N3O6S. The highest BCUT2D eigenvalue weighted by atomic mass is 32.2. The summed E-state index contributed by atoms with van der Waals surface area (Å²) in [5.74, 6) is 0.228. The van der Waals surface area contributed by atoms with Crippen molar-refractivity contribution in [2.75, 3.05) is 18.0 Å². The molecule has 1 amide bonds. The number of methoxy groups -OCH3 is 1. The second-order valence-electron chi connectivity index (χ2n) is 8.18. The van der Waals surface area contributed by atoms with Crippen LogP contribution < -0.4 is 14.4 Å². The average Bonchev–Trinajstić information content (AvgIpc) is 2.87. The second-order valence-corrected chi connectivity index (χ2v) is 10.0. The fraction of sp³-hybridized carbons (Fsp3) is 0.240. The first-order valence-corrected chi connectivity index (χ1v) is 12.5. The van der Waals surface area contributed by atoms with Crippen molar-refractivity contribution >= 4 is 27.3 Å². The van der Waals surface area contributed by atoms with Gasteiger partial charge in [0.25, 0.3) is 15.7 Å². The Kier molecular flexibility index (Phi) is 7.02. The third-order valence-corrected chi connectivity index (χ3v) is 7.73. The van der Waals surface area contributed by atoms with E-state index in [1.54, 1.807) is 25.3 Å². The Bertz CT molecular complexity index is 1340. The number of carbonyl (C=O) groups is 1. The Morgan fingerprint density at radius 3 is 2.60 bits per heavy atom. The van der Waals surface area contributed by atoms with E-state index in [-0.39, 0.29) is 22.3 Å². The number of aryl methyl sites for hydroxylation is 1. The van der Waals surface area contributed by atoms with Gasteiger partial charge in [0.2, 0.25) is 5.91 Å². The number of sulfonamides is 1. The van der Waals surface area contributed by atoms with Gasteiger partial charge in [0, 0.05) is 12.1 Å². The zero-order chi connectivity index (χ0) is 25.0. The number of amides is 1. The van der Waals surface area contributed by atoms with Crippen LogP contribution in [0.15, 0.2) is 77.7 Å². The number of nitro groups is 1. The van der Waals surface area contributed by atoms with Gasteiger partial charge >= 0.3 is 0 Å². The van der Waals surface area contributed by atoms with Crippen LogP contribution in [0.3, 0.4) is 0 Å². The van der Waals surface area contributed by atoms with Crippen molar-refractivity contribution in [2.45, 2.75) is 30.2 Å². The highest BCUT2D eigenvalue weighted by Gasteiger charge is 2.30. The molecule has 0 spiro atoms. The first kappa shape index (κ1) is 24.2. The number of carbonyl (C=O) groups excluding carboxylic acids is 1. The molecule has 0 aromatic heterocycles. The smallest absolute Gasteiger partial charge is 0.271 e. The SMILES string of the molecule is COc1ccc2c(c1)CCCC2NC(=O)CN(c1cccc([N+](=O)[O-])c1)S(=O)(=O)c1ccccc1. The molecule has 3 aromatic carbocycles. The van der Waals surface area contributed by atoms with Gasteiger partial charge in [0.1, 0.15) is 12.3 Å². The van der Waals surface area contributed by atoms with Gasteiger partial charge < -0.3 is 10.1 Å². The van der Waals surface area contributed by atoms with Crippen molar-refractivity contribution in [1.29, 1.82) is 0 Å². The third kappa shape index (κ3) is 5.27. The minimum Gasteiger partial charge on any atom is -0.497 e. The van der Waals surface area contributed by atoms with E-state index in [2.05, 4.69) is 5.32 Å². The number of anilines is 1. The predicted molar refractivity (Wildman–Crippen MR) is 131 cm³/mol. The van der Waals surface area contributed by atoms with E-state index < -0.39 is 27.4 Å². The maximum absolute atomic E-state index is 13.5. The Morgan fingerprint density at radius 2 is 1.89 bits per heavy atom. The number of nitrogens with zero attached hydrogens (tertiary/aromatic N) is 2. The molecule has 1 atom stereocenters. The van der Waals surface area contributed by atoms with Crippen LogP contribution in [0.4, 0.5) is 11.4 Å². The Hall–Kier alpha value is -3.92. The number of benzene rings is 3. The second kappa shape index (κ2) is 10.1. The van der Waals surface area contributed by atoms with Crippen LogP contribution in [0.1, 0.15) is 30.0 Å². The number of ether oxygens (including phenoxy) is 1. The number of rotatable bonds is 8. The number of non-ortho nitro benzene ring substituents is 1. The fourth-order valence-corrected chi connectivity index (χ4v) is 5.67. The zero-order valence-corrected chi connectivity index (χ0v) is 19.9. The van der Waals surface area contributed by atoms with E-state index >= 15 is 0 Å². The van der Waals surface area contributed by atoms with Gasteiger partial charge in [-0.2, -0.15) is 0 Å². The standard InChI is InChI=1S/C25H25N3O6S/c1-34-21-13-14-23-18(15-21)7-5-12-24(23)26-25(29)17-27(19-8-6-9-20(16-19)28(30)31)35(32,33)22-10-3-2-4-11-22/h2-4,6,8-11,13-16,24H,5,7,12,17H2,1H3,(H,26,29). The predicted octanol–water partition coefficient (Wildman–Crippen LogP) is 3.99. The highest BCUT2D eigenvalue weighted by molar-refractivity contribution is 7.92. The van der Waals surface area contributed by atoms with Crippen LogP contribution in [0.25, 0.3) is 0 Å². The number of hydrogen-bond donors (Lipinski definition) is 1. The molecular weight excluding hydrogens is 470 g/mol. The quantitative estimate of drug-likeness (QED) is 0.373. The molecule has 1 unspecified atom stereocenters. The van der Waals surface area contributed by atoms with Crippen molar-refractivity contribution < 1.29 is 22.9 Å². The molecule has 35 heavy (non-hydrogen) atoms. The van der Waals surface area contributed by atoms with Crippen molar-refractivity contribution in [1.82, 2.24) is 5.32 Å². The van der Waals surface area contributed by atoms with Gasteiger partial charge in [-0.1, -0.05) is 30.3 Å². The molecule has 0 heterocycles. The lowest BCUT2D eigenvalue weighted by atomic mass is 9.87. The first-order chi connectivity index (χ1) is 16.8. The average molecular weight is 496 g/mol. The van der Waals surface area contributed by atoms with Crippen LogP contribution in [0.2, 0.25) is 0 Å². The van der Waals surface area contributed by atoms with E-state index in [0.29, 0.717) is 6.42 Å². The fourth-order valence-electron chi connectivity index (χ4n) is 4.23. The van der Waals surface area contributed by atoms with Crippen LogP contribution in [-0.4, -0.2) is 32.9 Å². The summed E-state index contributed by atoms with van der Waals surface area (Å²) in [5.41, 5.74) is 1.81. The number of nitro benzene ring substituents is 1. The van der Waals surface area contributed by atoms with Gasteiger partial charge in [-0.05, 0) is 60.7 Å². The summed E-state index contributed by atoms with van der Waals surface area (Å²) in [6.45, 7) is -0.527. The summed E-state index contributed by atoms with van der Waals surface area (Å²) >= 11 is 0. The molecule has 0 radical (unpaired) electrons. The Morgan fingerprint density at radius 1 is 1.11 bits per heavy atom. The van der Waals surface area contributed by atoms with Crippen molar-refractivity contribution in [3.8, 4) is 5.75 Å². The maximum atomic E-state index is 13.5. The summed E-state index contributed by atoms with van der Waals surface area (Å²) in [6.07, 6.45) is 2.44. The van der Waals surface area contributed by atoms with Gasteiger partial charge in [-0.25, -0.2) is 8.42 Å². The van der Waals surface area contributed by atoms with Crippen LogP contribution in [0.5, 0.6) is 5.75 Å². The van der Waals surface area contributed by atoms with E-state index in [1.807, 2.05) is 18.2 Å². The van der Waals surface area contributed by atoms with E-state index in [0.717, 1.165) is 40.1 Å². The summed E-state index contributed by atoms with van der Waals surface area (Å²) in [7, 11) is -2.57. The van der Waals surface area contributed by atoms with Crippen LogP contribution in [-0.2, 0) is 21.2 Å². The normalized spacial score (nSPS) is 15.1. The number of hydrogen-bond acceptors (Lipinski definition) is 6. The van der Waals surface area contributed by atoms with Crippen LogP contribution >= 0.6 is 0 Å². The van der Waals surface area contributed by atoms with E-state index in [1.165, 1.54) is 30.3 Å². The molecule has 9 nitrogen and oxygen atoms in total. The molecule has 1 N–H and O–H groups in total. The summed E-state index contributed by atoms with van der Waals surface area (Å²) < 4.78 is 33.1. The molecule has 1 aliphatic rings. The Labute approximate surface area is 203 Å². The molecule has 0 saturated carbocycles. The largest absolute Gasteiger partial charge is 0.497 e. The summed E-state index contributed by atoms with van der Waals surface area (Å²) in [6, 6.07) is 18.3.